The molecule has 5 nitrogen and oxygen atoms in total. The summed E-state index contributed by atoms with van der Waals surface area (Å²) >= 11 is 0. The number of carboxylic acids is 1. The van der Waals surface area contributed by atoms with Crippen LogP contribution in [0.4, 0.5) is 0 Å². The minimum absolute atomic E-state index is 0.0318. The first-order valence-electron chi connectivity index (χ1n) is 6.42. The highest BCUT2D eigenvalue weighted by molar-refractivity contribution is 6.06. The largest absolute Gasteiger partial charge is 0.478 e. The van der Waals surface area contributed by atoms with Gasteiger partial charge in [-0.3, -0.25) is 4.79 Å². The molecule has 5 heteroatoms. The van der Waals surface area contributed by atoms with E-state index in [9.17, 15) is 19.8 Å². The van der Waals surface area contributed by atoms with Crippen LogP contribution in [0.2, 0.25) is 0 Å². The van der Waals surface area contributed by atoms with Gasteiger partial charge in [0.05, 0.1) is 11.1 Å². The quantitative estimate of drug-likeness (QED) is 0.766. The van der Waals surface area contributed by atoms with E-state index in [0.29, 0.717) is 11.1 Å². The van der Waals surface area contributed by atoms with E-state index in [1.54, 1.807) is 26.0 Å². The molecule has 0 aliphatic heterocycles. The molecule has 0 fully saturated rings. The van der Waals surface area contributed by atoms with Crippen LogP contribution < -0.4 is 5.32 Å². The van der Waals surface area contributed by atoms with Gasteiger partial charge >= 0.3 is 5.97 Å². The van der Waals surface area contributed by atoms with E-state index in [0.717, 1.165) is 0 Å². The summed E-state index contributed by atoms with van der Waals surface area (Å²) in [6.07, 6.45) is 0. The summed E-state index contributed by atoms with van der Waals surface area (Å²) in [6.45, 7) is 7.21. The number of aromatic carboxylic acids is 1. The molecule has 0 saturated heterocycles. The molecule has 0 spiro atoms. The number of aliphatic hydroxyl groups excluding tert-OH is 1. The van der Waals surface area contributed by atoms with Crippen molar-refractivity contribution in [2.24, 2.45) is 5.41 Å². The predicted octanol–water partition coefficient (Wildman–Crippen LogP) is 1.75. The molecule has 3 N–H and O–H groups in total. The molecule has 0 aliphatic rings. The van der Waals surface area contributed by atoms with Crippen molar-refractivity contribution in [3.63, 3.8) is 0 Å². The van der Waals surface area contributed by atoms with Crippen molar-refractivity contribution < 1.29 is 19.8 Å². The fourth-order valence-electron chi connectivity index (χ4n) is 1.84. The van der Waals surface area contributed by atoms with Crippen LogP contribution >= 0.6 is 0 Å². The number of nitrogens with one attached hydrogen (secondary N) is 1. The lowest BCUT2D eigenvalue weighted by Gasteiger charge is -2.22. The fourth-order valence-corrected chi connectivity index (χ4v) is 1.84. The van der Waals surface area contributed by atoms with E-state index in [-0.39, 0.29) is 24.3 Å². The van der Waals surface area contributed by atoms with Gasteiger partial charge in [-0.1, -0.05) is 26.0 Å². The van der Waals surface area contributed by atoms with Gasteiger partial charge in [0, 0.05) is 18.6 Å². The Hall–Kier alpha value is -1.88. The van der Waals surface area contributed by atoms with Crippen LogP contribution in [0.1, 0.15) is 45.7 Å². The lowest BCUT2D eigenvalue weighted by Crippen LogP contribution is -2.37. The summed E-state index contributed by atoms with van der Waals surface area (Å²) in [6, 6.07) is 3.42. The maximum atomic E-state index is 12.2. The molecule has 0 aromatic heterocycles. The van der Waals surface area contributed by atoms with Crippen LogP contribution in [0.3, 0.4) is 0 Å². The third-order valence-corrected chi connectivity index (χ3v) is 3.22. The minimum Gasteiger partial charge on any atom is -0.478 e. The Labute approximate surface area is 118 Å². The molecule has 0 heterocycles. The van der Waals surface area contributed by atoms with Crippen LogP contribution in [-0.2, 0) is 0 Å². The summed E-state index contributed by atoms with van der Waals surface area (Å²) < 4.78 is 0. The zero-order chi connectivity index (χ0) is 15.5. The SMILES string of the molecule is Cc1ccc(C)c(C(=O)NCC(C)(C)CO)c1C(=O)O. The molecule has 1 aromatic carbocycles. The van der Waals surface area contributed by atoms with Gasteiger partial charge in [0.15, 0.2) is 0 Å². The normalized spacial score (nSPS) is 11.2. The molecule has 1 rings (SSSR count). The van der Waals surface area contributed by atoms with E-state index in [4.69, 9.17) is 0 Å². The monoisotopic (exact) mass is 279 g/mol. The summed E-state index contributed by atoms with van der Waals surface area (Å²) in [4.78, 5) is 23.6. The molecular formula is C15H21NO4. The predicted molar refractivity (Wildman–Crippen MR) is 76.1 cm³/mol. The van der Waals surface area contributed by atoms with Crippen LogP contribution in [0.25, 0.3) is 0 Å². The van der Waals surface area contributed by atoms with Crippen molar-refractivity contribution in [2.45, 2.75) is 27.7 Å². The van der Waals surface area contributed by atoms with Gasteiger partial charge in [-0.05, 0) is 25.0 Å². The summed E-state index contributed by atoms with van der Waals surface area (Å²) in [5.74, 6) is -1.54. The van der Waals surface area contributed by atoms with Gasteiger partial charge in [-0.2, -0.15) is 0 Å². The van der Waals surface area contributed by atoms with E-state index >= 15 is 0 Å². The van der Waals surface area contributed by atoms with Crippen LogP contribution in [0.15, 0.2) is 12.1 Å². The number of carbonyl (C=O) groups excluding carboxylic acids is 1. The second-order valence-electron chi connectivity index (χ2n) is 5.76. The molecule has 0 atom stereocenters. The van der Waals surface area contributed by atoms with Crippen LogP contribution in [0, 0.1) is 19.3 Å². The van der Waals surface area contributed by atoms with Crippen molar-refractivity contribution >= 4 is 11.9 Å². The Balaban J connectivity index is 3.10. The van der Waals surface area contributed by atoms with Crippen molar-refractivity contribution in [1.29, 1.82) is 0 Å². The zero-order valence-electron chi connectivity index (χ0n) is 12.3. The second-order valence-corrected chi connectivity index (χ2v) is 5.76. The van der Waals surface area contributed by atoms with E-state index in [2.05, 4.69) is 5.32 Å². The Morgan fingerprint density at radius 3 is 2.10 bits per heavy atom. The highest BCUT2D eigenvalue weighted by atomic mass is 16.4. The third kappa shape index (κ3) is 3.57. The first-order valence-corrected chi connectivity index (χ1v) is 6.42. The average molecular weight is 279 g/mol. The minimum atomic E-state index is -1.11. The maximum absolute atomic E-state index is 12.2. The van der Waals surface area contributed by atoms with Gasteiger partial charge in [0.25, 0.3) is 5.91 Å². The highest BCUT2D eigenvalue weighted by Gasteiger charge is 2.23. The van der Waals surface area contributed by atoms with Crippen LogP contribution in [0.5, 0.6) is 0 Å². The molecule has 110 valence electrons. The van der Waals surface area contributed by atoms with Crippen molar-refractivity contribution in [2.75, 3.05) is 13.2 Å². The third-order valence-electron chi connectivity index (χ3n) is 3.22. The van der Waals surface area contributed by atoms with Gasteiger partial charge in [-0.25, -0.2) is 4.79 Å². The molecule has 1 aromatic rings. The standard InChI is InChI=1S/C15H21NO4/c1-9-5-6-10(2)12(14(19)20)11(9)13(18)16-7-15(3,4)8-17/h5-6,17H,7-8H2,1-4H3,(H,16,18)(H,19,20). The highest BCUT2D eigenvalue weighted by Crippen LogP contribution is 2.19. The number of rotatable bonds is 5. The van der Waals surface area contributed by atoms with Gasteiger partial charge in [-0.15, -0.1) is 0 Å². The molecular weight excluding hydrogens is 258 g/mol. The molecule has 0 unspecified atom stereocenters. The number of carboxylic acid groups (broad SMARTS) is 1. The molecule has 0 aliphatic carbocycles. The van der Waals surface area contributed by atoms with Gasteiger partial charge in [0.2, 0.25) is 0 Å². The van der Waals surface area contributed by atoms with Crippen molar-refractivity contribution in [1.82, 2.24) is 5.32 Å². The summed E-state index contributed by atoms with van der Waals surface area (Å²) in [5, 5.41) is 21.1. The van der Waals surface area contributed by atoms with Crippen molar-refractivity contribution in [3.05, 3.63) is 34.4 Å². The molecule has 0 saturated carbocycles. The van der Waals surface area contributed by atoms with E-state index in [1.807, 2.05) is 13.8 Å². The van der Waals surface area contributed by atoms with Gasteiger partial charge < -0.3 is 15.5 Å². The molecule has 0 radical (unpaired) electrons. The Morgan fingerprint density at radius 2 is 1.65 bits per heavy atom. The first kappa shape index (κ1) is 16.2. The number of hydrogen-bond donors (Lipinski definition) is 3. The Kier molecular flexibility index (Phi) is 4.89. The molecule has 20 heavy (non-hydrogen) atoms. The lowest BCUT2D eigenvalue weighted by atomic mass is 9.93. The van der Waals surface area contributed by atoms with Crippen molar-refractivity contribution in [3.8, 4) is 0 Å². The maximum Gasteiger partial charge on any atom is 0.336 e. The molecule has 1 amide bonds. The number of aliphatic hydroxyl groups is 1. The Morgan fingerprint density at radius 1 is 1.15 bits per heavy atom. The summed E-state index contributed by atoms with van der Waals surface area (Å²) in [7, 11) is 0. The van der Waals surface area contributed by atoms with E-state index < -0.39 is 17.3 Å². The summed E-state index contributed by atoms with van der Waals surface area (Å²) in [5.41, 5.74) is 0.939. The first-order chi connectivity index (χ1) is 9.19. The topological polar surface area (TPSA) is 86.6 Å². The smallest absolute Gasteiger partial charge is 0.336 e. The second kappa shape index (κ2) is 6.05. The fraction of sp³-hybridized carbons (Fsp3) is 0.467. The molecule has 0 bridgehead atoms. The zero-order valence-corrected chi connectivity index (χ0v) is 12.3. The average Bonchev–Trinajstić information content (AvgIpc) is 2.38. The lowest BCUT2D eigenvalue weighted by molar-refractivity contribution is 0.0689. The van der Waals surface area contributed by atoms with E-state index in [1.165, 1.54) is 0 Å². The van der Waals surface area contributed by atoms with Gasteiger partial charge in [0.1, 0.15) is 0 Å². The van der Waals surface area contributed by atoms with Crippen LogP contribution in [-0.4, -0.2) is 35.2 Å². The number of carbonyl (C=O) groups is 2. The number of aryl methyl sites for hydroxylation is 2. The number of hydrogen-bond acceptors (Lipinski definition) is 3. The number of benzene rings is 1. The number of amides is 1. The Bertz CT molecular complexity index is 535.